The summed E-state index contributed by atoms with van der Waals surface area (Å²) in [6.45, 7) is 0.205. The maximum Gasteiger partial charge on any atom is 0.434 e. The molecule has 1 N–H and O–H groups in total. The Bertz CT molecular complexity index is 807. The summed E-state index contributed by atoms with van der Waals surface area (Å²) in [5.41, 5.74) is -1.44. The van der Waals surface area contributed by atoms with E-state index in [2.05, 4.69) is 15.4 Å². The Kier molecular flexibility index (Phi) is 4.43. The van der Waals surface area contributed by atoms with E-state index in [1.54, 1.807) is 4.57 Å². The third-order valence-electron chi connectivity index (χ3n) is 3.62. The molecule has 3 rings (SSSR count). The van der Waals surface area contributed by atoms with Gasteiger partial charge in [0.1, 0.15) is 12.4 Å². The van der Waals surface area contributed by atoms with Crippen LogP contribution in [-0.4, -0.2) is 25.2 Å². The van der Waals surface area contributed by atoms with Crippen LogP contribution in [0.3, 0.4) is 0 Å². The molecule has 7 nitrogen and oxygen atoms in total. The first kappa shape index (κ1) is 16.7. The Morgan fingerprint density at radius 1 is 1.33 bits per heavy atom. The number of halogens is 3. The van der Waals surface area contributed by atoms with E-state index in [9.17, 15) is 22.8 Å². The van der Waals surface area contributed by atoms with Crippen molar-refractivity contribution in [3.05, 3.63) is 27.4 Å². The third-order valence-corrected chi connectivity index (χ3v) is 4.37. The van der Waals surface area contributed by atoms with Crippen molar-refractivity contribution < 1.29 is 18.0 Å². The topological polar surface area (TPSA) is 81.8 Å². The Morgan fingerprint density at radius 3 is 2.83 bits per heavy atom. The van der Waals surface area contributed by atoms with Gasteiger partial charge in [-0.2, -0.15) is 18.3 Å². The normalized spacial score (nSPS) is 15.0. The number of nitrogens with zero attached hydrogens (tertiary/aromatic N) is 4. The number of anilines is 1. The van der Waals surface area contributed by atoms with Crippen LogP contribution in [0.25, 0.3) is 0 Å². The number of nitrogens with one attached hydrogen (secondary N) is 1. The molecule has 0 atom stereocenters. The van der Waals surface area contributed by atoms with Crippen molar-refractivity contribution in [1.82, 2.24) is 19.3 Å². The molecule has 0 spiro atoms. The average Bonchev–Trinajstić information content (AvgIpc) is 2.98. The number of aryl methyl sites for hydroxylation is 1. The van der Waals surface area contributed by atoms with Crippen molar-refractivity contribution in [1.29, 1.82) is 0 Å². The lowest BCUT2D eigenvalue weighted by Crippen LogP contribution is -2.30. The van der Waals surface area contributed by atoms with Gasteiger partial charge in [0, 0.05) is 18.3 Å². The van der Waals surface area contributed by atoms with Gasteiger partial charge in [-0.05, 0) is 12.8 Å². The summed E-state index contributed by atoms with van der Waals surface area (Å²) >= 11 is 0.674. The lowest BCUT2D eigenvalue weighted by atomic mass is 10.2. The van der Waals surface area contributed by atoms with Gasteiger partial charge in [0.15, 0.2) is 10.8 Å². The monoisotopic (exact) mass is 361 g/mol. The fraction of sp³-hybridized carbons (Fsp3) is 0.538. The van der Waals surface area contributed by atoms with Crippen molar-refractivity contribution in [2.45, 2.75) is 44.9 Å². The van der Waals surface area contributed by atoms with Gasteiger partial charge >= 0.3 is 11.9 Å². The minimum atomic E-state index is -4.56. The Hall–Kier alpha value is -2.17. The number of fused-ring (bicyclic) bond motifs is 1. The molecule has 2 aromatic heterocycles. The van der Waals surface area contributed by atoms with Gasteiger partial charge in [0.05, 0.1) is 0 Å². The first-order chi connectivity index (χ1) is 11.3. The molecule has 2 aromatic rings. The molecule has 130 valence electrons. The molecule has 0 saturated carbocycles. The van der Waals surface area contributed by atoms with Gasteiger partial charge in [-0.1, -0.05) is 6.42 Å². The van der Waals surface area contributed by atoms with Gasteiger partial charge in [-0.3, -0.25) is 9.36 Å². The number of amides is 1. The van der Waals surface area contributed by atoms with Crippen molar-refractivity contribution in [3.63, 3.8) is 0 Å². The van der Waals surface area contributed by atoms with E-state index in [4.69, 9.17) is 0 Å². The summed E-state index contributed by atoms with van der Waals surface area (Å²) in [7, 11) is 0. The molecule has 0 aromatic carbocycles. The standard InChI is InChI=1S/C13H14F3N5O2S/c14-13(15,16)8-7-24-11(17-8)18-10(22)6-21-12(23)20-5-3-1-2-4-9(20)19-21/h7H,1-6H2,(H,17,18,22). The molecule has 1 aliphatic rings. The Balaban J connectivity index is 1.69. The van der Waals surface area contributed by atoms with Gasteiger partial charge in [0.2, 0.25) is 5.91 Å². The van der Waals surface area contributed by atoms with E-state index in [1.165, 1.54) is 0 Å². The second kappa shape index (κ2) is 6.38. The predicted molar refractivity (Wildman–Crippen MR) is 79.8 cm³/mol. The van der Waals surface area contributed by atoms with Crippen molar-refractivity contribution in [2.75, 3.05) is 5.32 Å². The zero-order valence-corrected chi connectivity index (χ0v) is 13.3. The molecule has 3 heterocycles. The molecule has 1 aliphatic heterocycles. The van der Waals surface area contributed by atoms with Crippen LogP contribution in [0, 0.1) is 0 Å². The van der Waals surface area contributed by atoms with Crippen LogP contribution >= 0.6 is 11.3 Å². The zero-order chi connectivity index (χ0) is 17.3. The van der Waals surface area contributed by atoms with Crippen LogP contribution in [-0.2, 0) is 30.5 Å². The summed E-state index contributed by atoms with van der Waals surface area (Å²) in [5.74, 6) is -0.00709. The lowest BCUT2D eigenvalue weighted by Gasteiger charge is -2.02. The zero-order valence-electron chi connectivity index (χ0n) is 12.5. The highest BCUT2D eigenvalue weighted by atomic mass is 32.1. The van der Waals surface area contributed by atoms with E-state index in [-0.39, 0.29) is 17.4 Å². The van der Waals surface area contributed by atoms with Gasteiger partial charge in [-0.15, -0.1) is 11.3 Å². The van der Waals surface area contributed by atoms with Crippen LogP contribution in [0.5, 0.6) is 0 Å². The minimum absolute atomic E-state index is 0.166. The SMILES string of the molecule is O=C(Cn1nc2n(c1=O)CCCCC2)Nc1nc(C(F)(F)F)cs1. The van der Waals surface area contributed by atoms with E-state index >= 15 is 0 Å². The number of alkyl halides is 3. The molecular weight excluding hydrogens is 347 g/mol. The van der Waals surface area contributed by atoms with Crippen molar-refractivity contribution >= 4 is 22.4 Å². The highest BCUT2D eigenvalue weighted by molar-refractivity contribution is 7.13. The highest BCUT2D eigenvalue weighted by Crippen LogP contribution is 2.31. The summed E-state index contributed by atoms with van der Waals surface area (Å²) in [4.78, 5) is 27.5. The van der Waals surface area contributed by atoms with Crippen LogP contribution < -0.4 is 11.0 Å². The van der Waals surface area contributed by atoms with Gasteiger partial charge in [-0.25, -0.2) is 14.5 Å². The summed E-state index contributed by atoms with van der Waals surface area (Å²) in [6.07, 6.45) is -1.05. The second-order valence-corrected chi connectivity index (χ2v) is 6.26. The van der Waals surface area contributed by atoms with Crippen LogP contribution in [0.2, 0.25) is 0 Å². The quantitative estimate of drug-likeness (QED) is 0.905. The molecule has 0 fully saturated rings. The molecule has 0 saturated heterocycles. The number of hydrogen-bond acceptors (Lipinski definition) is 5. The summed E-state index contributed by atoms with van der Waals surface area (Å²) in [5, 5.41) is 7.06. The van der Waals surface area contributed by atoms with E-state index < -0.39 is 17.8 Å². The van der Waals surface area contributed by atoms with Gasteiger partial charge < -0.3 is 5.32 Å². The smallest absolute Gasteiger partial charge is 0.300 e. The first-order valence-corrected chi connectivity index (χ1v) is 8.21. The summed E-state index contributed by atoms with van der Waals surface area (Å²) in [6, 6.07) is 0. The van der Waals surface area contributed by atoms with Crippen molar-refractivity contribution in [2.24, 2.45) is 0 Å². The Labute approximate surface area is 138 Å². The fourth-order valence-electron chi connectivity index (χ4n) is 2.48. The highest BCUT2D eigenvalue weighted by Gasteiger charge is 2.34. The Morgan fingerprint density at radius 2 is 2.12 bits per heavy atom. The van der Waals surface area contributed by atoms with Crippen LogP contribution in [0.4, 0.5) is 18.3 Å². The second-order valence-electron chi connectivity index (χ2n) is 5.40. The first-order valence-electron chi connectivity index (χ1n) is 7.33. The molecule has 1 amide bonds. The molecule has 0 bridgehead atoms. The molecule has 0 unspecified atom stereocenters. The van der Waals surface area contributed by atoms with E-state index in [0.717, 1.165) is 29.3 Å². The lowest BCUT2D eigenvalue weighted by molar-refractivity contribution is -0.140. The van der Waals surface area contributed by atoms with Gasteiger partial charge in [0.25, 0.3) is 0 Å². The number of hydrogen-bond donors (Lipinski definition) is 1. The fourth-order valence-corrected chi connectivity index (χ4v) is 3.22. The number of carbonyl (C=O) groups is 1. The number of aromatic nitrogens is 4. The molecule has 0 radical (unpaired) electrons. The summed E-state index contributed by atoms with van der Waals surface area (Å²) < 4.78 is 40.0. The molecule has 0 aliphatic carbocycles. The molecule has 11 heteroatoms. The maximum absolute atomic E-state index is 12.5. The van der Waals surface area contributed by atoms with Crippen LogP contribution in [0.15, 0.2) is 10.2 Å². The minimum Gasteiger partial charge on any atom is -0.300 e. The largest absolute Gasteiger partial charge is 0.434 e. The predicted octanol–water partition coefficient (Wildman–Crippen LogP) is 1.89. The average molecular weight is 361 g/mol. The molecule has 24 heavy (non-hydrogen) atoms. The van der Waals surface area contributed by atoms with E-state index in [1.807, 2.05) is 0 Å². The number of rotatable bonds is 3. The number of carbonyl (C=O) groups excluding carboxylic acids is 1. The molecular formula is C13H14F3N5O2S. The maximum atomic E-state index is 12.5. The van der Waals surface area contributed by atoms with E-state index in [0.29, 0.717) is 30.1 Å². The number of thiazole rings is 1. The van der Waals surface area contributed by atoms with Crippen molar-refractivity contribution in [3.8, 4) is 0 Å². The van der Waals surface area contributed by atoms with Crippen LogP contribution in [0.1, 0.15) is 30.8 Å². The third kappa shape index (κ3) is 3.50.